The smallest absolute Gasteiger partial charge is 0.258 e. The minimum Gasteiger partial charge on any atom is -0.482 e. The number of benzene rings is 2. The Morgan fingerprint density at radius 3 is 2.65 bits per heavy atom. The molecular formula is C16H13Cl2F2NO2. The highest BCUT2D eigenvalue weighted by Gasteiger charge is 2.15. The Morgan fingerprint density at radius 1 is 1.22 bits per heavy atom. The number of nitrogens with one attached hydrogen (secondary N) is 1. The van der Waals surface area contributed by atoms with E-state index in [9.17, 15) is 13.6 Å². The van der Waals surface area contributed by atoms with Crippen LogP contribution in [0.15, 0.2) is 36.4 Å². The van der Waals surface area contributed by atoms with Crippen LogP contribution < -0.4 is 10.1 Å². The van der Waals surface area contributed by atoms with Crippen LogP contribution in [0.3, 0.4) is 0 Å². The van der Waals surface area contributed by atoms with E-state index in [2.05, 4.69) is 5.32 Å². The summed E-state index contributed by atoms with van der Waals surface area (Å²) in [4.78, 5) is 11.9. The van der Waals surface area contributed by atoms with Gasteiger partial charge in [-0.2, -0.15) is 0 Å². The van der Waals surface area contributed by atoms with Gasteiger partial charge in [0.15, 0.2) is 6.61 Å². The Balaban J connectivity index is 1.95. The number of halogens is 4. The minimum absolute atomic E-state index is 0.181. The number of hydrogen-bond donors (Lipinski definition) is 1. The van der Waals surface area contributed by atoms with Crippen LogP contribution in [0.4, 0.5) is 8.78 Å². The largest absolute Gasteiger partial charge is 0.482 e. The predicted molar refractivity (Wildman–Crippen MR) is 84.9 cm³/mol. The summed E-state index contributed by atoms with van der Waals surface area (Å²) in [6.07, 6.45) is 0. The van der Waals surface area contributed by atoms with Gasteiger partial charge in [-0.1, -0.05) is 29.3 Å². The van der Waals surface area contributed by atoms with Gasteiger partial charge >= 0.3 is 0 Å². The van der Waals surface area contributed by atoms with E-state index in [4.69, 9.17) is 27.9 Å². The molecule has 0 bridgehead atoms. The summed E-state index contributed by atoms with van der Waals surface area (Å²) in [7, 11) is 0. The van der Waals surface area contributed by atoms with Gasteiger partial charge in [-0.15, -0.1) is 0 Å². The van der Waals surface area contributed by atoms with Gasteiger partial charge in [0, 0.05) is 22.7 Å². The number of amides is 1. The van der Waals surface area contributed by atoms with Crippen molar-refractivity contribution >= 4 is 29.1 Å². The molecule has 0 fully saturated rings. The maximum Gasteiger partial charge on any atom is 0.258 e. The zero-order valence-electron chi connectivity index (χ0n) is 12.1. The minimum atomic E-state index is -0.725. The summed E-state index contributed by atoms with van der Waals surface area (Å²) in [6, 6.07) is 7.17. The first-order valence-electron chi connectivity index (χ1n) is 6.69. The van der Waals surface area contributed by atoms with Gasteiger partial charge in [0.05, 0.1) is 11.1 Å². The monoisotopic (exact) mass is 359 g/mol. The van der Waals surface area contributed by atoms with Crippen LogP contribution in [0, 0.1) is 11.6 Å². The molecule has 0 aliphatic heterocycles. The van der Waals surface area contributed by atoms with E-state index < -0.39 is 23.6 Å². The first-order chi connectivity index (χ1) is 10.9. The van der Waals surface area contributed by atoms with Gasteiger partial charge in [0.2, 0.25) is 0 Å². The van der Waals surface area contributed by atoms with Crippen LogP contribution in [-0.2, 0) is 4.79 Å². The van der Waals surface area contributed by atoms with E-state index in [1.165, 1.54) is 12.1 Å². The molecule has 0 aliphatic rings. The normalized spacial score (nSPS) is 11.9. The van der Waals surface area contributed by atoms with Gasteiger partial charge < -0.3 is 10.1 Å². The summed E-state index contributed by atoms with van der Waals surface area (Å²) in [5.74, 6) is -1.60. The number of carbonyl (C=O) groups is 1. The van der Waals surface area contributed by atoms with E-state index >= 15 is 0 Å². The van der Waals surface area contributed by atoms with Crippen molar-refractivity contribution in [3.8, 4) is 5.75 Å². The molecule has 0 aliphatic carbocycles. The number of hydrogen-bond acceptors (Lipinski definition) is 2. The third kappa shape index (κ3) is 4.81. The second-order valence-electron chi connectivity index (χ2n) is 4.82. The second-order valence-corrected chi connectivity index (χ2v) is 5.66. The van der Waals surface area contributed by atoms with E-state index in [1.54, 1.807) is 19.1 Å². The lowest BCUT2D eigenvalue weighted by Gasteiger charge is -2.16. The molecule has 0 aromatic heterocycles. The Hall–Kier alpha value is -1.85. The highest BCUT2D eigenvalue weighted by molar-refractivity contribution is 6.34. The molecule has 1 atom stereocenters. The van der Waals surface area contributed by atoms with Gasteiger partial charge in [-0.25, -0.2) is 8.78 Å². The molecule has 23 heavy (non-hydrogen) atoms. The topological polar surface area (TPSA) is 38.3 Å². The average Bonchev–Trinajstić information content (AvgIpc) is 2.48. The quantitative estimate of drug-likeness (QED) is 0.851. The first kappa shape index (κ1) is 17.5. The molecule has 2 aromatic carbocycles. The molecule has 1 N–H and O–H groups in total. The van der Waals surface area contributed by atoms with Crippen LogP contribution in [0.5, 0.6) is 5.75 Å². The fourth-order valence-electron chi connectivity index (χ4n) is 1.94. The summed E-state index contributed by atoms with van der Waals surface area (Å²) in [5, 5.41) is 3.30. The maximum atomic E-state index is 13.6. The molecule has 0 saturated heterocycles. The summed E-state index contributed by atoms with van der Waals surface area (Å²) < 4.78 is 31.8. The highest BCUT2D eigenvalue weighted by atomic mass is 35.5. The fourth-order valence-corrected chi connectivity index (χ4v) is 2.28. The van der Waals surface area contributed by atoms with Crippen molar-refractivity contribution in [3.05, 3.63) is 63.6 Å². The van der Waals surface area contributed by atoms with Gasteiger partial charge in [-0.05, 0) is 25.1 Å². The maximum absolute atomic E-state index is 13.6. The molecule has 2 aromatic rings. The molecule has 3 nitrogen and oxygen atoms in total. The Kier molecular flexibility index (Phi) is 5.80. The van der Waals surface area contributed by atoms with Crippen molar-refractivity contribution in [2.24, 2.45) is 0 Å². The summed E-state index contributed by atoms with van der Waals surface area (Å²) in [5.41, 5.74) is 0.181. The van der Waals surface area contributed by atoms with Crippen molar-refractivity contribution in [2.75, 3.05) is 6.61 Å². The van der Waals surface area contributed by atoms with Crippen LogP contribution in [0.2, 0.25) is 10.0 Å². The summed E-state index contributed by atoms with van der Waals surface area (Å²) in [6.45, 7) is 1.27. The van der Waals surface area contributed by atoms with E-state index in [0.29, 0.717) is 10.0 Å². The molecule has 7 heteroatoms. The van der Waals surface area contributed by atoms with Crippen LogP contribution in [0.25, 0.3) is 0 Å². The zero-order valence-corrected chi connectivity index (χ0v) is 13.6. The lowest BCUT2D eigenvalue weighted by atomic mass is 10.1. The van der Waals surface area contributed by atoms with Crippen LogP contribution >= 0.6 is 23.2 Å². The SMILES string of the molecule is C[C@H](NC(=O)COc1cc(Cl)ccc1Cl)c1ccc(F)cc1F. The van der Waals surface area contributed by atoms with Gasteiger partial charge in [0.25, 0.3) is 5.91 Å². The lowest BCUT2D eigenvalue weighted by Crippen LogP contribution is -2.31. The molecule has 1 amide bonds. The van der Waals surface area contributed by atoms with Crippen molar-refractivity contribution < 1.29 is 18.3 Å². The standard InChI is InChI=1S/C16H13Cl2F2NO2/c1-9(12-4-3-11(19)7-14(12)20)21-16(22)8-23-15-6-10(17)2-5-13(15)18/h2-7,9H,8H2,1H3,(H,21,22)/t9-/m0/s1. The number of rotatable bonds is 5. The van der Waals surface area contributed by atoms with Crippen molar-refractivity contribution in [3.63, 3.8) is 0 Å². The Bertz CT molecular complexity index is 725. The molecule has 0 radical (unpaired) electrons. The van der Waals surface area contributed by atoms with Crippen LogP contribution in [0.1, 0.15) is 18.5 Å². The molecule has 0 heterocycles. The number of ether oxygens (including phenoxy) is 1. The third-order valence-corrected chi connectivity index (χ3v) is 3.61. The molecule has 2 rings (SSSR count). The van der Waals surface area contributed by atoms with Gasteiger partial charge in [0.1, 0.15) is 17.4 Å². The molecule has 0 unspecified atom stereocenters. The van der Waals surface area contributed by atoms with Crippen LogP contribution in [-0.4, -0.2) is 12.5 Å². The molecule has 122 valence electrons. The number of carbonyl (C=O) groups excluding carboxylic acids is 1. The van der Waals surface area contributed by atoms with Crippen molar-refractivity contribution in [2.45, 2.75) is 13.0 Å². The van der Waals surface area contributed by atoms with Gasteiger partial charge in [-0.3, -0.25) is 4.79 Å². The second kappa shape index (κ2) is 7.62. The fraction of sp³-hybridized carbons (Fsp3) is 0.188. The molecular weight excluding hydrogens is 347 g/mol. The summed E-state index contributed by atoms with van der Waals surface area (Å²) >= 11 is 11.7. The van der Waals surface area contributed by atoms with E-state index in [0.717, 1.165) is 12.1 Å². The predicted octanol–water partition coefficient (Wildman–Crippen LogP) is 4.53. The zero-order chi connectivity index (χ0) is 17.0. The molecule has 0 spiro atoms. The van der Waals surface area contributed by atoms with E-state index in [-0.39, 0.29) is 17.9 Å². The highest BCUT2D eigenvalue weighted by Crippen LogP contribution is 2.27. The van der Waals surface area contributed by atoms with E-state index in [1.807, 2.05) is 0 Å². The average molecular weight is 360 g/mol. The third-order valence-electron chi connectivity index (χ3n) is 3.06. The van der Waals surface area contributed by atoms with Crippen molar-refractivity contribution in [1.82, 2.24) is 5.32 Å². The lowest BCUT2D eigenvalue weighted by molar-refractivity contribution is -0.123. The van der Waals surface area contributed by atoms with Crippen molar-refractivity contribution in [1.29, 1.82) is 0 Å². The Morgan fingerprint density at radius 2 is 1.96 bits per heavy atom. The first-order valence-corrected chi connectivity index (χ1v) is 7.44. The Labute approximate surface area is 142 Å². The molecule has 0 saturated carbocycles.